The van der Waals surface area contributed by atoms with Crippen molar-refractivity contribution in [2.45, 2.75) is 16.6 Å². The first-order valence-corrected chi connectivity index (χ1v) is 10.6. The summed E-state index contributed by atoms with van der Waals surface area (Å²) in [6, 6.07) is 7.66. The smallest absolute Gasteiger partial charge is 0.245 e. The van der Waals surface area contributed by atoms with Crippen LogP contribution < -0.4 is 4.74 Å². The molecule has 0 amide bonds. The number of hydrogen-bond donors (Lipinski definition) is 2. The summed E-state index contributed by atoms with van der Waals surface area (Å²) in [6.45, 7) is -1.66. The van der Waals surface area contributed by atoms with E-state index < -0.39 is 40.7 Å². The van der Waals surface area contributed by atoms with Gasteiger partial charge in [-0.05, 0) is 34.6 Å². The second-order valence-corrected chi connectivity index (χ2v) is 9.24. The van der Waals surface area contributed by atoms with Crippen molar-refractivity contribution in [2.24, 2.45) is 0 Å². The van der Waals surface area contributed by atoms with E-state index in [1.54, 1.807) is 6.07 Å². The van der Waals surface area contributed by atoms with Crippen molar-refractivity contribution < 1.29 is 32.4 Å². The molecule has 1 aliphatic heterocycles. The molecule has 0 saturated carbocycles. The predicted octanol–water partition coefficient (Wildman–Crippen LogP) is 1.06. The van der Waals surface area contributed by atoms with Crippen LogP contribution in [0.3, 0.4) is 0 Å². The Morgan fingerprint density at radius 1 is 1.35 bits per heavy atom. The molecule has 1 aromatic heterocycles. The largest absolute Gasteiger partial charge is 0.486 e. The highest BCUT2D eigenvalue weighted by Gasteiger charge is 2.51. The Morgan fingerprint density at radius 3 is 2.77 bits per heavy atom. The zero-order valence-corrected chi connectivity index (χ0v) is 17.1. The van der Waals surface area contributed by atoms with Crippen LogP contribution in [0.4, 0.5) is 4.39 Å². The normalized spacial score (nSPS) is 22.0. The average molecular weight is 469 g/mol. The highest BCUT2D eigenvalue weighted by Crippen LogP contribution is 2.34. The van der Waals surface area contributed by atoms with Gasteiger partial charge in [-0.2, -0.15) is 9.57 Å². The molecule has 1 fully saturated rings. The highest BCUT2D eigenvalue weighted by atomic mass is 35.5. The van der Waals surface area contributed by atoms with Crippen molar-refractivity contribution in [1.82, 2.24) is 14.6 Å². The van der Waals surface area contributed by atoms with Gasteiger partial charge in [0.2, 0.25) is 10.0 Å². The number of β-amino-alcohol motifs (C(OH)–C–C–N with tert-alkyl or cyclic N) is 1. The summed E-state index contributed by atoms with van der Waals surface area (Å²) in [5, 5.41) is 36.7. The zero-order chi connectivity index (χ0) is 22.4. The lowest BCUT2D eigenvalue weighted by atomic mass is 10.0. The third-order valence-electron chi connectivity index (χ3n) is 4.98. The minimum Gasteiger partial charge on any atom is -0.486 e. The molecule has 3 aromatic rings. The molecule has 13 heteroatoms. The Balaban J connectivity index is 1.66. The van der Waals surface area contributed by atoms with Gasteiger partial charge in [0.1, 0.15) is 34.2 Å². The maximum Gasteiger partial charge on any atom is 0.245 e. The lowest BCUT2D eigenvalue weighted by molar-refractivity contribution is -0.0641. The number of aliphatic hydroxyl groups excluding tert-OH is 1. The summed E-state index contributed by atoms with van der Waals surface area (Å²) in [6.07, 6.45) is -1.22. The van der Waals surface area contributed by atoms with E-state index in [1.165, 1.54) is 24.3 Å². The number of benzene rings is 2. The standard InChI is InChI=1S/C18H14ClFN4O6S/c19-12-3-4-14(17-16(12)22-30-23-17)31(27,28)24-7-15(18(26,8-24)9-25)29-11-2-1-10(6-21)13(20)5-11/h1-5,15,25-26H,7-9H2/t15?,18-/m1/s1. The first-order valence-electron chi connectivity index (χ1n) is 8.80. The molecular weight excluding hydrogens is 455 g/mol. The Hall–Kier alpha value is -2.82. The van der Waals surface area contributed by atoms with Crippen LogP contribution in [0.25, 0.3) is 11.0 Å². The monoisotopic (exact) mass is 468 g/mol. The summed E-state index contributed by atoms with van der Waals surface area (Å²) in [7, 11) is -4.23. The minimum atomic E-state index is -4.23. The highest BCUT2D eigenvalue weighted by molar-refractivity contribution is 7.89. The van der Waals surface area contributed by atoms with Crippen LogP contribution in [0.1, 0.15) is 5.56 Å². The predicted molar refractivity (Wildman–Crippen MR) is 103 cm³/mol. The molecule has 31 heavy (non-hydrogen) atoms. The number of nitrogens with zero attached hydrogens (tertiary/aromatic N) is 4. The summed E-state index contributed by atoms with van der Waals surface area (Å²) in [5.41, 5.74) is -2.20. The Kier molecular flexibility index (Phi) is 5.32. The molecule has 2 aromatic carbocycles. The maximum atomic E-state index is 13.9. The lowest BCUT2D eigenvalue weighted by Gasteiger charge is -2.27. The third-order valence-corrected chi connectivity index (χ3v) is 7.13. The molecule has 2 N–H and O–H groups in total. The van der Waals surface area contributed by atoms with Gasteiger partial charge in [0.25, 0.3) is 0 Å². The van der Waals surface area contributed by atoms with Crippen molar-refractivity contribution in [1.29, 1.82) is 5.26 Å². The molecule has 4 rings (SSSR count). The molecule has 1 saturated heterocycles. The fourth-order valence-electron chi connectivity index (χ4n) is 3.29. The molecule has 1 aliphatic rings. The zero-order valence-electron chi connectivity index (χ0n) is 15.6. The van der Waals surface area contributed by atoms with Crippen molar-refractivity contribution in [3.05, 3.63) is 46.7 Å². The first kappa shape index (κ1) is 21.4. The SMILES string of the molecule is N#Cc1ccc(OC2CN(S(=O)(=O)c3ccc(Cl)c4nonc34)C[C@@]2(O)CO)cc1F. The van der Waals surface area contributed by atoms with E-state index in [2.05, 4.69) is 14.9 Å². The fraction of sp³-hybridized carbons (Fsp3) is 0.278. The van der Waals surface area contributed by atoms with E-state index in [-0.39, 0.29) is 38.8 Å². The number of aromatic nitrogens is 2. The average Bonchev–Trinajstić information content (AvgIpc) is 3.35. The molecular formula is C18H14ClFN4O6S. The van der Waals surface area contributed by atoms with Crippen LogP contribution in [-0.2, 0) is 10.0 Å². The van der Waals surface area contributed by atoms with E-state index in [4.69, 9.17) is 21.6 Å². The van der Waals surface area contributed by atoms with Crippen LogP contribution in [0.15, 0.2) is 39.9 Å². The van der Waals surface area contributed by atoms with E-state index in [0.29, 0.717) is 0 Å². The van der Waals surface area contributed by atoms with Gasteiger partial charge in [-0.3, -0.25) is 0 Å². The van der Waals surface area contributed by atoms with Crippen LogP contribution >= 0.6 is 11.6 Å². The van der Waals surface area contributed by atoms with Crippen LogP contribution in [0.2, 0.25) is 5.02 Å². The second kappa shape index (κ2) is 7.70. The first-order chi connectivity index (χ1) is 14.7. The van der Waals surface area contributed by atoms with Crippen LogP contribution in [0.5, 0.6) is 5.75 Å². The van der Waals surface area contributed by atoms with E-state index >= 15 is 0 Å². The lowest BCUT2D eigenvalue weighted by Crippen LogP contribution is -2.48. The number of hydrogen-bond acceptors (Lipinski definition) is 9. The Labute approximate surface area is 180 Å². The van der Waals surface area contributed by atoms with Crippen molar-refractivity contribution in [3.8, 4) is 11.8 Å². The number of fused-ring (bicyclic) bond motifs is 1. The van der Waals surface area contributed by atoms with Gasteiger partial charge in [0.15, 0.2) is 11.0 Å². The van der Waals surface area contributed by atoms with E-state index in [9.17, 15) is 23.0 Å². The van der Waals surface area contributed by atoms with Gasteiger partial charge in [-0.1, -0.05) is 11.6 Å². The number of sulfonamides is 1. The number of nitriles is 1. The van der Waals surface area contributed by atoms with Crippen LogP contribution in [0, 0.1) is 17.1 Å². The minimum absolute atomic E-state index is 0.0396. The number of rotatable bonds is 5. The molecule has 0 spiro atoms. The van der Waals surface area contributed by atoms with Crippen molar-refractivity contribution in [3.63, 3.8) is 0 Å². The molecule has 10 nitrogen and oxygen atoms in total. The van der Waals surface area contributed by atoms with E-state index in [1.807, 2.05) is 0 Å². The van der Waals surface area contributed by atoms with Gasteiger partial charge >= 0.3 is 0 Å². The van der Waals surface area contributed by atoms with Gasteiger partial charge in [-0.25, -0.2) is 17.4 Å². The summed E-state index contributed by atoms with van der Waals surface area (Å²) >= 11 is 5.98. The fourth-order valence-corrected chi connectivity index (χ4v) is 5.10. The molecule has 2 atom stereocenters. The van der Waals surface area contributed by atoms with E-state index in [0.717, 1.165) is 10.4 Å². The Morgan fingerprint density at radius 2 is 2.10 bits per heavy atom. The molecule has 0 radical (unpaired) electrons. The molecule has 0 aliphatic carbocycles. The van der Waals surface area contributed by atoms with Gasteiger partial charge in [0, 0.05) is 12.6 Å². The maximum absolute atomic E-state index is 13.9. The number of halogens is 2. The van der Waals surface area contributed by atoms with Gasteiger partial charge in [0.05, 0.1) is 23.7 Å². The quantitative estimate of drug-likeness (QED) is 0.560. The van der Waals surface area contributed by atoms with Crippen LogP contribution in [-0.4, -0.2) is 64.7 Å². The van der Waals surface area contributed by atoms with Crippen molar-refractivity contribution in [2.75, 3.05) is 19.7 Å². The third kappa shape index (κ3) is 3.60. The number of aliphatic hydroxyl groups is 2. The van der Waals surface area contributed by atoms with Gasteiger partial charge in [-0.15, -0.1) is 0 Å². The topological polar surface area (TPSA) is 150 Å². The number of ether oxygens (including phenoxy) is 1. The second-order valence-electron chi connectivity index (χ2n) is 6.93. The summed E-state index contributed by atoms with van der Waals surface area (Å²) in [5.74, 6) is -0.876. The Bertz CT molecular complexity index is 1310. The summed E-state index contributed by atoms with van der Waals surface area (Å²) < 4.78 is 51.4. The molecule has 0 bridgehead atoms. The molecule has 1 unspecified atom stereocenters. The van der Waals surface area contributed by atoms with Crippen molar-refractivity contribution >= 4 is 32.7 Å². The molecule has 162 valence electrons. The summed E-state index contributed by atoms with van der Waals surface area (Å²) in [4.78, 5) is -0.251. The molecule has 2 heterocycles. The van der Waals surface area contributed by atoms with Gasteiger partial charge < -0.3 is 14.9 Å².